The van der Waals surface area contributed by atoms with Gasteiger partial charge in [0.1, 0.15) is 0 Å². The molecule has 0 aliphatic heterocycles. The van der Waals surface area contributed by atoms with Gasteiger partial charge in [0.25, 0.3) is 11.5 Å². The first-order chi connectivity index (χ1) is 13.0. The number of aromatic nitrogens is 2. The lowest BCUT2D eigenvalue weighted by molar-refractivity contribution is 0.0942. The van der Waals surface area contributed by atoms with E-state index in [9.17, 15) is 9.59 Å². The highest BCUT2D eigenvalue weighted by Gasteiger charge is 2.17. The molecule has 0 saturated heterocycles. The summed E-state index contributed by atoms with van der Waals surface area (Å²) in [4.78, 5) is 27.5. The van der Waals surface area contributed by atoms with E-state index < -0.39 is 0 Å². The Labute approximate surface area is 162 Å². The first-order valence-electron chi connectivity index (χ1n) is 8.58. The highest BCUT2D eigenvalue weighted by Crippen LogP contribution is 2.22. The van der Waals surface area contributed by atoms with E-state index >= 15 is 0 Å². The number of carbonyl (C=O) groups excluding carboxylic acids is 1. The molecule has 27 heavy (non-hydrogen) atoms. The molecule has 6 nitrogen and oxygen atoms in total. The number of aryl methyl sites for hydroxylation is 1. The SMILES string of the molecule is CN(C)[C@H](CNC(=O)c1cccc(-c2ccc(=O)n(C)n2)c1)c1cccs1. The van der Waals surface area contributed by atoms with Crippen molar-refractivity contribution in [1.29, 1.82) is 0 Å². The van der Waals surface area contributed by atoms with E-state index in [0.717, 1.165) is 5.56 Å². The van der Waals surface area contributed by atoms with E-state index in [0.29, 0.717) is 17.8 Å². The van der Waals surface area contributed by atoms with Crippen LogP contribution in [0.1, 0.15) is 21.3 Å². The standard InChI is InChI=1S/C20H22N4O2S/c1-23(2)17(18-8-5-11-27-18)13-21-20(26)15-7-4-6-14(12-15)16-9-10-19(25)24(3)22-16/h4-12,17H,13H2,1-3H3,(H,21,26)/t17-/m1/s1. The zero-order valence-corrected chi connectivity index (χ0v) is 16.4. The molecule has 140 valence electrons. The number of rotatable bonds is 6. The second-order valence-corrected chi connectivity index (χ2v) is 7.45. The van der Waals surface area contributed by atoms with Crippen LogP contribution in [0, 0.1) is 0 Å². The van der Waals surface area contributed by atoms with Crippen molar-refractivity contribution in [3.8, 4) is 11.3 Å². The zero-order chi connectivity index (χ0) is 19.4. The minimum absolute atomic E-state index is 0.127. The predicted octanol–water partition coefficient (Wildman–Crippen LogP) is 2.54. The van der Waals surface area contributed by atoms with Crippen LogP contribution in [0.3, 0.4) is 0 Å². The molecule has 0 aliphatic rings. The van der Waals surface area contributed by atoms with Gasteiger partial charge >= 0.3 is 0 Å². The quantitative estimate of drug-likeness (QED) is 0.711. The molecule has 0 radical (unpaired) electrons. The van der Waals surface area contributed by atoms with Gasteiger partial charge in [-0.05, 0) is 43.7 Å². The average Bonchev–Trinajstić information content (AvgIpc) is 3.18. The van der Waals surface area contributed by atoms with E-state index in [4.69, 9.17) is 0 Å². The van der Waals surface area contributed by atoms with Crippen molar-refractivity contribution in [2.24, 2.45) is 7.05 Å². The molecule has 1 aromatic carbocycles. The number of benzene rings is 1. The molecule has 3 rings (SSSR count). The summed E-state index contributed by atoms with van der Waals surface area (Å²) in [6.07, 6.45) is 0. The number of nitrogens with zero attached hydrogens (tertiary/aromatic N) is 3. The van der Waals surface area contributed by atoms with Gasteiger partial charge < -0.3 is 10.2 Å². The van der Waals surface area contributed by atoms with Crippen LogP contribution in [0.5, 0.6) is 0 Å². The summed E-state index contributed by atoms with van der Waals surface area (Å²) in [6.45, 7) is 0.522. The Balaban J connectivity index is 1.75. The Bertz CT molecular complexity index is 980. The molecular weight excluding hydrogens is 360 g/mol. The number of hydrogen-bond acceptors (Lipinski definition) is 5. The lowest BCUT2D eigenvalue weighted by atomic mass is 10.1. The van der Waals surface area contributed by atoms with Gasteiger partial charge in [-0.1, -0.05) is 18.2 Å². The lowest BCUT2D eigenvalue weighted by Gasteiger charge is -2.23. The number of likely N-dealkylation sites (N-methyl/N-ethyl adjacent to an activating group) is 1. The van der Waals surface area contributed by atoms with Gasteiger partial charge in [-0.25, -0.2) is 4.68 Å². The van der Waals surface area contributed by atoms with Gasteiger partial charge in [0.15, 0.2) is 0 Å². The molecule has 0 fully saturated rings. The van der Waals surface area contributed by atoms with E-state index in [1.165, 1.54) is 15.6 Å². The van der Waals surface area contributed by atoms with E-state index in [-0.39, 0.29) is 17.5 Å². The second-order valence-electron chi connectivity index (χ2n) is 6.47. The molecule has 0 unspecified atom stereocenters. The molecule has 2 heterocycles. The van der Waals surface area contributed by atoms with Crippen molar-refractivity contribution < 1.29 is 4.79 Å². The maximum atomic E-state index is 12.6. The third-order valence-electron chi connectivity index (χ3n) is 4.33. The minimum Gasteiger partial charge on any atom is -0.350 e. The van der Waals surface area contributed by atoms with Crippen LogP contribution in [-0.2, 0) is 7.05 Å². The molecule has 0 bridgehead atoms. The van der Waals surface area contributed by atoms with Crippen LogP contribution >= 0.6 is 11.3 Å². The Morgan fingerprint density at radius 3 is 2.70 bits per heavy atom. The number of amides is 1. The van der Waals surface area contributed by atoms with Crippen molar-refractivity contribution >= 4 is 17.2 Å². The fourth-order valence-electron chi connectivity index (χ4n) is 2.79. The third-order valence-corrected chi connectivity index (χ3v) is 5.31. The van der Waals surface area contributed by atoms with Crippen molar-refractivity contribution in [2.45, 2.75) is 6.04 Å². The van der Waals surface area contributed by atoms with Gasteiger partial charge in [0.05, 0.1) is 11.7 Å². The molecule has 0 aliphatic carbocycles. The molecule has 0 saturated carbocycles. The lowest BCUT2D eigenvalue weighted by Crippen LogP contribution is -2.34. The van der Waals surface area contributed by atoms with Gasteiger partial charge in [0.2, 0.25) is 0 Å². The van der Waals surface area contributed by atoms with Crippen molar-refractivity contribution in [3.05, 3.63) is 74.7 Å². The molecule has 3 aromatic rings. The Kier molecular flexibility index (Phi) is 5.83. The van der Waals surface area contributed by atoms with Crippen LogP contribution < -0.4 is 10.9 Å². The summed E-state index contributed by atoms with van der Waals surface area (Å²) in [5.41, 5.74) is 1.83. The van der Waals surface area contributed by atoms with Crippen LogP contribution in [0.4, 0.5) is 0 Å². The van der Waals surface area contributed by atoms with E-state index in [1.54, 1.807) is 36.6 Å². The number of nitrogens with one attached hydrogen (secondary N) is 1. The maximum Gasteiger partial charge on any atom is 0.266 e. The monoisotopic (exact) mass is 382 g/mol. The molecule has 1 amide bonds. The Hall–Kier alpha value is -2.77. The number of carbonyl (C=O) groups is 1. The molecule has 1 atom stereocenters. The van der Waals surface area contributed by atoms with Crippen LogP contribution in [-0.4, -0.2) is 41.2 Å². The van der Waals surface area contributed by atoms with Crippen molar-refractivity contribution in [3.63, 3.8) is 0 Å². The number of hydrogen-bond donors (Lipinski definition) is 1. The molecule has 2 aromatic heterocycles. The first-order valence-corrected chi connectivity index (χ1v) is 9.46. The largest absolute Gasteiger partial charge is 0.350 e. The minimum atomic E-state index is -0.170. The van der Waals surface area contributed by atoms with Crippen molar-refractivity contribution in [1.82, 2.24) is 20.0 Å². The van der Waals surface area contributed by atoms with Gasteiger partial charge in [-0.2, -0.15) is 5.10 Å². The van der Waals surface area contributed by atoms with Crippen molar-refractivity contribution in [2.75, 3.05) is 20.6 Å². The van der Waals surface area contributed by atoms with Crippen LogP contribution in [0.2, 0.25) is 0 Å². The van der Waals surface area contributed by atoms with E-state index in [1.807, 2.05) is 37.7 Å². The zero-order valence-electron chi connectivity index (χ0n) is 15.5. The number of thiophene rings is 1. The summed E-state index contributed by atoms with van der Waals surface area (Å²) in [5.74, 6) is -0.134. The van der Waals surface area contributed by atoms with Crippen LogP contribution in [0.25, 0.3) is 11.3 Å². The average molecular weight is 382 g/mol. The normalized spacial score (nSPS) is 12.1. The molecule has 1 N–H and O–H groups in total. The molecular formula is C20H22N4O2S. The van der Waals surface area contributed by atoms with Gasteiger partial charge in [0, 0.05) is 35.7 Å². The topological polar surface area (TPSA) is 67.2 Å². The smallest absolute Gasteiger partial charge is 0.266 e. The summed E-state index contributed by atoms with van der Waals surface area (Å²) in [5, 5.41) is 9.30. The van der Waals surface area contributed by atoms with E-state index in [2.05, 4.69) is 21.4 Å². The first kappa shape index (κ1) is 19.0. The summed E-state index contributed by atoms with van der Waals surface area (Å²) in [7, 11) is 5.61. The molecule has 7 heteroatoms. The fraction of sp³-hybridized carbons (Fsp3) is 0.250. The predicted molar refractivity (Wildman–Crippen MR) is 108 cm³/mol. The van der Waals surface area contributed by atoms with Gasteiger partial charge in [-0.3, -0.25) is 9.59 Å². The third kappa shape index (κ3) is 4.50. The Morgan fingerprint density at radius 1 is 1.22 bits per heavy atom. The van der Waals surface area contributed by atoms with Gasteiger partial charge in [-0.15, -0.1) is 11.3 Å². The second kappa shape index (κ2) is 8.28. The maximum absolute atomic E-state index is 12.6. The fourth-order valence-corrected chi connectivity index (χ4v) is 3.71. The highest BCUT2D eigenvalue weighted by atomic mass is 32.1. The summed E-state index contributed by atoms with van der Waals surface area (Å²) >= 11 is 1.68. The summed E-state index contributed by atoms with van der Waals surface area (Å²) in [6, 6.07) is 14.6. The summed E-state index contributed by atoms with van der Waals surface area (Å²) < 4.78 is 1.28. The highest BCUT2D eigenvalue weighted by molar-refractivity contribution is 7.10. The molecule has 0 spiro atoms. The van der Waals surface area contributed by atoms with Crippen LogP contribution in [0.15, 0.2) is 58.7 Å². The Morgan fingerprint density at radius 2 is 2.04 bits per heavy atom.